The minimum atomic E-state index is -5.64. The third-order valence-corrected chi connectivity index (χ3v) is 7.61. The first-order chi connectivity index (χ1) is 19.9. The SMILES string of the molecule is CCc1nc2ccc(-c3ccc4nc(-c5ccc(C(c6ccc(C)cc6)(C(F)(F)F)C(F)(F)F)cc5)[nH]c4c3)cc2[nH]1. The Morgan fingerprint density at radius 2 is 1.07 bits per heavy atom. The van der Waals surface area contributed by atoms with Crippen molar-refractivity contribution in [3.05, 3.63) is 107 Å². The predicted molar refractivity (Wildman–Crippen MR) is 150 cm³/mol. The monoisotopic (exact) mass is 578 g/mol. The van der Waals surface area contributed by atoms with Crippen LogP contribution in [0.15, 0.2) is 84.9 Å². The van der Waals surface area contributed by atoms with Crippen molar-refractivity contribution in [2.24, 2.45) is 0 Å². The fraction of sp³-hybridized carbons (Fsp3) is 0.188. The molecule has 10 heteroatoms. The van der Waals surface area contributed by atoms with Crippen LogP contribution in [0.5, 0.6) is 0 Å². The number of aromatic amines is 2. The zero-order valence-electron chi connectivity index (χ0n) is 22.5. The number of hydrogen-bond donors (Lipinski definition) is 2. The lowest BCUT2D eigenvalue weighted by Gasteiger charge is -2.38. The van der Waals surface area contributed by atoms with Crippen LogP contribution in [-0.4, -0.2) is 32.3 Å². The van der Waals surface area contributed by atoms with Crippen LogP contribution in [0.1, 0.15) is 29.4 Å². The molecule has 0 saturated heterocycles. The molecule has 0 bridgehead atoms. The number of benzene rings is 4. The summed E-state index contributed by atoms with van der Waals surface area (Å²) < 4.78 is 86.7. The highest BCUT2D eigenvalue weighted by Gasteiger charge is 2.72. The van der Waals surface area contributed by atoms with Crippen LogP contribution >= 0.6 is 0 Å². The van der Waals surface area contributed by atoms with Crippen molar-refractivity contribution in [1.29, 1.82) is 0 Å². The van der Waals surface area contributed by atoms with E-state index in [1.54, 1.807) is 6.92 Å². The zero-order chi connectivity index (χ0) is 29.9. The number of nitrogens with one attached hydrogen (secondary N) is 2. The van der Waals surface area contributed by atoms with E-state index in [0.717, 1.165) is 58.7 Å². The second-order valence-electron chi connectivity index (χ2n) is 10.3. The van der Waals surface area contributed by atoms with E-state index in [1.165, 1.54) is 24.3 Å². The average molecular weight is 579 g/mol. The molecule has 0 amide bonds. The maximum atomic E-state index is 14.4. The molecule has 4 aromatic carbocycles. The summed E-state index contributed by atoms with van der Waals surface area (Å²) in [5, 5.41) is 0. The Balaban J connectivity index is 1.38. The minimum Gasteiger partial charge on any atom is -0.342 e. The Morgan fingerprint density at radius 1 is 0.595 bits per heavy atom. The predicted octanol–water partition coefficient (Wildman–Crippen LogP) is 9.05. The van der Waals surface area contributed by atoms with Gasteiger partial charge in [-0.3, -0.25) is 0 Å². The van der Waals surface area contributed by atoms with Crippen molar-refractivity contribution < 1.29 is 26.3 Å². The third kappa shape index (κ3) is 4.42. The number of imidazole rings is 2. The molecule has 0 aliphatic heterocycles. The van der Waals surface area contributed by atoms with Crippen LogP contribution in [0.4, 0.5) is 26.3 Å². The Morgan fingerprint density at radius 3 is 1.60 bits per heavy atom. The van der Waals surface area contributed by atoms with Gasteiger partial charge in [0.15, 0.2) is 0 Å². The summed E-state index contributed by atoms with van der Waals surface area (Å²) in [5.41, 5.74) is -0.200. The number of nitrogens with zero attached hydrogens (tertiary/aromatic N) is 2. The van der Waals surface area contributed by atoms with E-state index < -0.39 is 28.9 Å². The average Bonchev–Trinajstić information content (AvgIpc) is 3.56. The van der Waals surface area contributed by atoms with E-state index in [4.69, 9.17) is 0 Å². The van der Waals surface area contributed by atoms with Crippen LogP contribution in [0, 0.1) is 6.92 Å². The third-order valence-electron chi connectivity index (χ3n) is 7.61. The van der Waals surface area contributed by atoms with Crippen molar-refractivity contribution in [2.75, 3.05) is 0 Å². The number of aryl methyl sites for hydroxylation is 2. The lowest BCUT2D eigenvalue weighted by molar-refractivity contribution is -0.288. The summed E-state index contributed by atoms with van der Waals surface area (Å²) in [6.45, 7) is 3.61. The van der Waals surface area contributed by atoms with Gasteiger partial charge in [-0.05, 0) is 53.4 Å². The topological polar surface area (TPSA) is 57.4 Å². The Bertz CT molecular complexity index is 1880. The molecule has 2 aromatic heterocycles. The first-order valence-corrected chi connectivity index (χ1v) is 13.2. The number of fused-ring (bicyclic) bond motifs is 2. The molecule has 2 heterocycles. The van der Waals surface area contributed by atoms with Crippen LogP contribution < -0.4 is 0 Å². The van der Waals surface area contributed by atoms with Crippen LogP contribution in [-0.2, 0) is 11.8 Å². The van der Waals surface area contributed by atoms with Crippen molar-refractivity contribution in [1.82, 2.24) is 19.9 Å². The summed E-state index contributed by atoms with van der Waals surface area (Å²) in [6.07, 6.45) is -10.5. The smallest absolute Gasteiger partial charge is 0.342 e. The first kappa shape index (κ1) is 27.6. The first-order valence-electron chi connectivity index (χ1n) is 13.2. The molecule has 6 aromatic rings. The van der Waals surface area contributed by atoms with E-state index in [0.29, 0.717) is 28.0 Å². The number of halogens is 6. The van der Waals surface area contributed by atoms with Gasteiger partial charge in [0.2, 0.25) is 5.41 Å². The van der Waals surface area contributed by atoms with Gasteiger partial charge in [0.05, 0.1) is 22.1 Å². The van der Waals surface area contributed by atoms with E-state index >= 15 is 0 Å². The van der Waals surface area contributed by atoms with Gasteiger partial charge in [-0.2, -0.15) is 26.3 Å². The van der Waals surface area contributed by atoms with Crippen LogP contribution in [0.3, 0.4) is 0 Å². The van der Waals surface area contributed by atoms with Gasteiger partial charge in [-0.1, -0.05) is 73.2 Å². The fourth-order valence-corrected chi connectivity index (χ4v) is 5.40. The largest absolute Gasteiger partial charge is 0.411 e. The standard InChI is InChI=1S/C32H24F6N4/c1-3-28-39-24-14-8-20(16-26(24)40-28)21-9-15-25-27(17-21)42-29(41-25)19-6-12-23(13-7-19)30(31(33,34)35,32(36,37)38)22-10-4-18(2)5-11-22/h4-17H,3H2,1-2H3,(H,39,40)(H,41,42). The van der Waals surface area contributed by atoms with E-state index in [2.05, 4.69) is 19.9 Å². The number of hydrogen-bond acceptors (Lipinski definition) is 2. The highest BCUT2D eigenvalue weighted by atomic mass is 19.4. The van der Waals surface area contributed by atoms with E-state index in [1.807, 2.05) is 43.3 Å². The van der Waals surface area contributed by atoms with Crippen molar-refractivity contribution in [2.45, 2.75) is 38.0 Å². The fourth-order valence-electron chi connectivity index (χ4n) is 5.40. The quantitative estimate of drug-likeness (QED) is 0.201. The lowest BCUT2D eigenvalue weighted by Crippen LogP contribution is -2.54. The Kier molecular flexibility index (Phi) is 6.40. The molecule has 2 N–H and O–H groups in total. The van der Waals surface area contributed by atoms with Crippen molar-refractivity contribution in [3.63, 3.8) is 0 Å². The van der Waals surface area contributed by atoms with Gasteiger partial charge in [0.1, 0.15) is 11.6 Å². The van der Waals surface area contributed by atoms with Gasteiger partial charge in [-0.25, -0.2) is 9.97 Å². The highest BCUT2D eigenvalue weighted by Crippen LogP contribution is 2.56. The van der Waals surface area contributed by atoms with Crippen LogP contribution in [0.2, 0.25) is 0 Å². The normalized spacial score (nSPS) is 12.9. The van der Waals surface area contributed by atoms with Gasteiger partial charge in [0, 0.05) is 12.0 Å². The molecular weight excluding hydrogens is 554 g/mol. The molecule has 0 aliphatic rings. The summed E-state index contributed by atoms with van der Waals surface area (Å²) >= 11 is 0. The second-order valence-corrected chi connectivity index (χ2v) is 10.3. The Hall–Kier alpha value is -4.60. The van der Waals surface area contributed by atoms with E-state index in [-0.39, 0.29) is 0 Å². The molecule has 0 radical (unpaired) electrons. The minimum absolute atomic E-state index is 0.324. The van der Waals surface area contributed by atoms with Gasteiger partial charge < -0.3 is 9.97 Å². The summed E-state index contributed by atoms with van der Waals surface area (Å²) in [7, 11) is 0. The zero-order valence-corrected chi connectivity index (χ0v) is 22.5. The lowest BCUT2D eigenvalue weighted by atomic mass is 9.72. The van der Waals surface area contributed by atoms with E-state index in [9.17, 15) is 26.3 Å². The summed E-state index contributed by atoms with van der Waals surface area (Å²) in [4.78, 5) is 15.5. The number of aromatic nitrogens is 4. The molecule has 0 spiro atoms. The molecule has 4 nitrogen and oxygen atoms in total. The molecule has 42 heavy (non-hydrogen) atoms. The van der Waals surface area contributed by atoms with Gasteiger partial charge in [0.25, 0.3) is 0 Å². The molecule has 0 saturated carbocycles. The molecule has 214 valence electrons. The molecule has 6 rings (SSSR count). The van der Waals surface area contributed by atoms with Gasteiger partial charge >= 0.3 is 12.4 Å². The van der Waals surface area contributed by atoms with Gasteiger partial charge in [-0.15, -0.1) is 0 Å². The number of alkyl halides is 6. The number of H-pyrrole nitrogens is 2. The molecule has 0 unspecified atom stereocenters. The van der Waals surface area contributed by atoms with Crippen LogP contribution in [0.25, 0.3) is 44.6 Å². The molecular formula is C32H24F6N4. The maximum absolute atomic E-state index is 14.4. The Labute approximate surface area is 236 Å². The molecule has 0 fully saturated rings. The number of rotatable bonds is 5. The maximum Gasteiger partial charge on any atom is 0.411 e. The second kappa shape index (κ2) is 9.75. The van der Waals surface area contributed by atoms with Crippen molar-refractivity contribution in [3.8, 4) is 22.5 Å². The summed E-state index contributed by atoms with van der Waals surface area (Å²) in [6, 6.07) is 20.0. The highest BCUT2D eigenvalue weighted by molar-refractivity contribution is 5.87. The molecule has 0 aliphatic carbocycles. The summed E-state index contributed by atoms with van der Waals surface area (Å²) in [5.74, 6) is 1.22. The molecule has 0 atom stereocenters. The van der Waals surface area contributed by atoms with Crippen molar-refractivity contribution >= 4 is 22.1 Å².